The van der Waals surface area contributed by atoms with E-state index in [2.05, 4.69) is 22.9 Å². The molecule has 2 aliphatic rings. The lowest BCUT2D eigenvalue weighted by Crippen LogP contribution is -2.31. The average Bonchev–Trinajstić information content (AvgIpc) is 2.93. The molecule has 1 saturated carbocycles. The summed E-state index contributed by atoms with van der Waals surface area (Å²) in [7, 11) is 0. The van der Waals surface area contributed by atoms with Crippen LogP contribution in [-0.2, 0) is 9.59 Å². The summed E-state index contributed by atoms with van der Waals surface area (Å²) >= 11 is 3.33. The molecule has 1 heterocycles. The number of carbonyl (C=O) groups is 3. The molecule has 0 bridgehead atoms. The second-order valence-electron chi connectivity index (χ2n) is 7.51. The Bertz CT molecular complexity index is 940. The summed E-state index contributed by atoms with van der Waals surface area (Å²) in [6, 6.07) is 13.5. The van der Waals surface area contributed by atoms with Crippen molar-refractivity contribution in [3.05, 3.63) is 58.6 Å². The molecule has 0 spiro atoms. The number of hydrogen-bond donors (Lipinski definition) is 0. The normalized spacial score (nSPS) is 24.2. The summed E-state index contributed by atoms with van der Waals surface area (Å²) in [4.78, 5) is 39.7. The van der Waals surface area contributed by atoms with Crippen LogP contribution in [0.15, 0.2) is 53.0 Å². The lowest BCUT2D eigenvalue weighted by Gasteiger charge is -2.25. The zero-order chi connectivity index (χ0) is 19.8. The van der Waals surface area contributed by atoms with Gasteiger partial charge < -0.3 is 4.74 Å². The van der Waals surface area contributed by atoms with Gasteiger partial charge in [0.2, 0.25) is 11.8 Å². The molecule has 0 N–H and O–H groups in total. The quantitative estimate of drug-likeness (QED) is 0.396. The molecule has 5 nitrogen and oxygen atoms in total. The zero-order valence-electron chi connectivity index (χ0n) is 15.4. The Balaban J connectivity index is 1.63. The Kier molecular flexibility index (Phi) is 5.06. The second kappa shape index (κ2) is 7.51. The van der Waals surface area contributed by atoms with Gasteiger partial charge in [-0.1, -0.05) is 35.0 Å². The number of halogens is 1. The van der Waals surface area contributed by atoms with Crippen LogP contribution in [0.2, 0.25) is 0 Å². The summed E-state index contributed by atoms with van der Waals surface area (Å²) in [6.07, 6.45) is 2.41. The number of esters is 1. The van der Waals surface area contributed by atoms with Crippen LogP contribution in [0.3, 0.4) is 0 Å². The number of fused-ring (bicyclic) bond motifs is 1. The number of anilines is 1. The van der Waals surface area contributed by atoms with Gasteiger partial charge in [0.25, 0.3) is 0 Å². The van der Waals surface area contributed by atoms with Crippen molar-refractivity contribution >= 4 is 39.4 Å². The van der Waals surface area contributed by atoms with E-state index >= 15 is 0 Å². The Labute approximate surface area is 171 Å². The molecule has 2 aromatic carbocycles. The molecule has 1 saturated heterocycles. The number of carbonyl (C=O) groups excluding carboxylic acids is 3. The number of benzene rings is 2. The SMILES string of the molecule is CC1CCC2C(=O)N(c3ccccc3OC(=O)c3ccc(Br)cc3)C(=O)C2C1. The van der Waals surface area contributed by atoms with E-state index < -0.39 is 5.97 Å². The molecular formula is C22H20BrNO4. The Morgan fingerprint density at radius 2 is 1.68 bits per heavy atom. The molecule has 1 aliphatic heterocycles. The molecule has 0 radical (unpaired) electrons. The van der Waals surface area contributed by atoms with E-state index in [-0.39, 0.29) is 29.4 Å². The molecule has 6 heteroatoms. The highest BCUT2D eigenvalue weighted by atomic mass is 79.9. The van der Waals surface area contributed by atoms with Gasteiger partial charge in [-0.15, -0.1) is 0 Å². The van der Waals surface area contributed by atoms with E-state index in [0.29, 0.717) is 17.2 Å². The van der Waals surface area contributed by atoms with Crippen LogP contribution in [-0.4, -0.2) is 17.8 Å². The highest BCUT2D eigenvalue weighted by Gasteiger charge is 2.50. The molecule has 0 aromatic heterocycles. The molecule has 144 valence electrons. The predicted octanol–water partition coefficient (Wildman–Crippen LogP) is 4.59. The highest BCUT2D eigenvalue weighted by molar-refractivity contribution is 9.10. The van der Waals surface area contributed by atoms with Gasteiger partial charge in [0.1, 0.15) is 0 Å². The standard InChI is InChI=1S/C22H20BrNO4/c1-13-6-11-16-17(12-13)21(26)24(20(16)25)18-4-2-3-5-19(18)28-22(27)14-7-9-15(23)10-8-14/h2-5,7-10,13,16-17H,6,11-12H2,1H3. The molecule has 2 fully saturated rings. The third-order valence-corrected chi connectivity index (χ3v) is 6.11. The fourth-order valence-corrected chi connectivity index (χ4v) is 4.36. The van der Waals surface area contributed by atoms with Crippen molar-refractivity contribution in [1.29, 1.82) is 0 Å². The van der Waals surface area contributed by atoms with Crippen molar-refractivity contribution in [2.24, 2.45) is 17.8 Å². The van der Waals surface area contributed by atoms with Crippen molar-refractivity contribution in [2.45, 2.75) is 26.2 Å². The van der Waals surface area contributed by atoms with Crippen LogP contribution in [0.25, 0.3) is 0 Å². The van der Waals surface area contributed by atoms with Crippen molar-refractivity contribution in [2.75, 3.05) is 4.90 Å². The largest absolute Gasteiger partial charge is 0.421 e. The van der Waals surface area contributed by atoms with E-state index in [1.807, 2.05) is 0 Å². The smallest absolute Gasteiger partial charge is 0.343 e. The topological polar surface area (TPSA) is 63.7 Å². The average molecular weight is 442 g/mol. The van der Waals surface area contributed by atoms with Gasteiger partial charge in [0.05, 0.1) is 23.1 Å². The summed E-state index contributed by atoms with van der Waals surface area (Å²) in [5.74, 6) is -0.800. The molecule has 3 unspecified atom stereocenters. The Morgan fingerprint density at radius 1 is 1.00 bits per heavy atom. The maximum absolute atomic E-state index is 13.0. The zero-order valence-corrected chi connectivity index (χ0v) is 17.0. The number of ether oxygens (including phenoxy) is 1. The lowest BCUT2D eigenvalue weighted by molar-refractivity contribution is -0.122. The maximum Gasteiger partial charge on any atom is 0.343 e. The molecule has 3 atom stereocenters. The number of imide groups is 1. The van der Waals surface area contributed by atoms with Crippen LogP contribution in [0.4, 0.5) is 5.69 Å². The fraction of sp³-hybridized carbons (Fsp3) is 0.318. The van der Waals surface area contributed by atoms with Crippen molar-refractivity contribution in [1.82, 2.24) is 0 Å². The van der Waals surface area contributed by atoms with Gasteiger partial charge in [-0.25, -0.2) is 9.69 Å². The molecule has 2 aromatic rings. The van der Waals surface area contributed by atoms with E-state index in [9.17, 15) is 14.4 Å². The first-order chi connectivity index (χ1) is 13.5. The molecule has 1 aliphatic carbocycles. The van der Waals surface area contributed by atoms with Gasteiger partial charge in [0, 0.05) is 4.47 Å². The van der Waals surface area contributed by atoms with Gasteiger partial charge in [-0.2, -0.15) is 0 Å². The van der Waals surface area contributed by atoms with Crippen molar-refractivity contribution < 1.29 is 19.1 Å². The second-order valence-corrected chi connectivity index (χ2v) is 8.42. The van der Waals surface area contributed by atoms with Gasteiger partial charge in [0.15, 0.2) is 5.75 Å². The first-order valence-corrected chi connectivity index (χ1v) is 10.2. The minimum Gasteiger partial charge on any atom is -0.421 e. The van der Waals surface area contributed by atoms with Crippen molar-refractivity contribution in [3.8, 4) is 5.75 Å². The summed E-state index contributed by atoms with van der Waals surface area (Å²) in [5, 5.41) is 0. The van der Waals surface area contributed by atoms with E-state index in [4.69, 9.17) is 4.74 Å². The molecule has 4 rings (SSSR count). The Hall–Kier alpha value is -2.47. The number of amides is 2. The van der Waals surface area contributed by atoms with Crippen LogP contribution in [0.1, 0.15) is 36.5 Å². The third kappa shape index (κ3) is 3.37. The summed E-state index contributed by atoms with van der Waals surface area (Å²) in [5.41, 5.74) is 0.726. The summed E-state index contributed by atoms with van der Waals surface area (Å²) < 4.78 is 6.41. The van der Waals surface area contributed by atoms with Crippen LogP contribution < -0.4 is 9.64 Å². The first kappa shape index (κ1) is 18.9. The van der Waals surface area contributed by atoms with Gasteiger partial charge >= 0.3 is 5.97 Å². The van der Waals surface area contributed by atoms with Crippen LogP contribution in [0, 0.1) is 17.8 Å². The third-order valence-electron chi connectivity index (χ3n) is 5.58. The minimum atomic E-state index is -0.537. The van der Waals surface area contributed by atoms with E-state index in [0.717, 1.165) is 23.7 Å². The number of rotatable bonds is 3. The number of nitrogens with zero attached hydrogens (tertiary/aromatic N) is 1. The van der Waals surface area contributed by atoms with E-state index in [1.165, 1.54) is 4.90 Å². The molecular weight excluding hydrogens is 422 g/mol. The maximum atomic E-state index is 13.0. The number of hydrogen-bond acceptors (Lipinski definition) is 4. The lowest BCUT2D eigenvalue weighted by atomic mass is 9.76. The van der Waals surface area contributed by atoms with Crippen LogP contribution in [0.5, 0.6) is 5.75 Å². The van der Waals surface area contributed by atoms with Gasteiger partial charge in [-0.05, 0) is 61.6 Å². The summed E-state index contributed by atoms with van der Waals surface area (Å²) in [6.45, 7) is 2.12. The minimum absolute atomic E-state index is 0.186. The van der Waals surface area contributed by atoms with Crippen molar-refractivity contribution in [3.63, 3.8) is 0 Å². The molecule has 2 amide bonds. The first-order valence-electron chi connectivity index (χ1n) is 9.40. The highest BCUT2D eigenvalue weighted by Crippen LogP contribution is 2.44. The molecule has 28 heavy (non-hydrogen) atoms. The monoisotopic (exact) mass is 441 g/mol. The fourth-order valence-electron chi connectivity index (χ4n) is 4.10. The van der Waals surface area contributed by atoms with E-state index in [1.54, 1.807) is 48.5 Å². The Morgan fingerprint density at radius 3 is 2.43 bits per heavy atom. The number of para-hydroxylation sites is 2. The van der Waals surface area contributed by atoms with Crippen LogP contribution >= 0.6 is 15.9 Å². The predicted molar refractivity (Wildman–Crippen MR) is 108 cm³/mol. The van der Waals surface area contributed by atoms with Gasteiger partial charge in [-0.3, -0.25) is 9.59 Å².